The number of rotatable bonds is 10. The fraction of sp³-hybridized carbons (Fsp3) is 0.556. The van der Waals surface area contributed by atoms with Crippen LogP contribution in [0.25, 0.3) is 0 Å². The van der Waals surface area contributed by atoms with Gasteiger partial charge in [0, 0.05) is 11.7 Å². The minimum atomic E-state index is -1.97. The van der Waals surface area contributed by atoms with E-state index in [-0.39, 0.29) is 5.54 Å². The van der Waals surface area contributed by atoms with Crippen LogP contribution in [-0.4, -0.2) is 28.2 Å². The van der Waals surface area contributed by atoms with Gasteiger partial charge in [-0.3, -0.25) is 0 Å². The van der Waals surface area contributed by atoms with Crippen LogP contribution >= 0.6 is 0 Å². The van der Waals surface area contributed by atoms with Gasteiger partial charge in [0.2, 0.25) is 0 Å². The molecule has 0 saturated carbocycles. The molecule has 0 aliphatic rings. The monoisotopic (exact) mass is 333 g/mol. The molecule has 4 nitrogen and oxygen atoms in total. The van der Waals surface area contributed by atoms with Crippen molar-refractivity contribution in [1.29, 1.82) is 0 Å². The maximum atomic E-state index is 10.9. The third-order valence-corrected chi connectivity index (χ3v) is 10.5. The molecule has 0 radical (unpaired) electrons. The molecule has 0 aromatic carbocycles. The summed E-state index contributed by atoms with van der Waals surface area (Å²) >= 11 is 0. The second-order valence-corrected chi connectivity index (χ2v) is 11.6. The van der Waals surface area contributed by atoms with E-state index in [9.17, 15) is 5.11 Å². The van der Waals surface area contributed by atoms with Crippen LogP contribution < -0.4 is 0 Å². The smallest absolute Gasteiger partial charge is 0.149 e. The van der Waals surface area contributed by atoms with Gasteiger partial charge < -0.3 is 5.11 Å². The Morgan fingerprint density at radius 3 is 1.87 bits per heavy atom. The second kappa shape index (κ2) is 8.41. The Morgan fingerprint density at radius 1 is 1.09 bits per heavy atom. The Morgan fingerprint density at radius 2 is 1.57 bits per heavy atom. The highest BCUT2D eigenvalue weighted by atomic mass is 28.3. The molecule has 1 N–H and O–H groups in total. The van der Waals surface area contributed by atoms with Gasteiger partial charge in [0.15, 0.2) is 0 Å². The molecule has 0 aliphatic carbocycles. The minimum Gasteiger partial charge on any atom is -0.372 e. The van der Waals surface area contributed by atoms with Gasteiger partial charge in [0.1, 0.15) is 6.23 Å². The van der Waals surface area contributed by atoms with E-state index in [4.69, 9.17) is 0 Å². The van der Waals surface area contributed by atoms with Crippen molar-refractivity contribution in [2.24, 2.45) is 0 Å². The summed E-state index contributed by atoms with van der Waals surface area (Å²) < 4.78 is 1.57. The SMILES string of the molecule is C=C(C)C[Si](CC(=C)C)(CC(=C)C)C(CC)C(O)n1ccnn1. The van der Waals surface area contributed by atoms with Crippen molar-refractivity contribution in [2.45, 2.75) is 64.0 Å². The molecule has 0 saturated heterocycles. The fourth-order valence-electron chi connectivity index (χ4n) is 3.89. The average Bonchev–Trinajstić information content (AvgIpc) is 2.89. The Hall–Kier alpha value is -1.46. The van der Waals surface area contributed by atoms with Crippen molar-refractivity contribution < 1.29 is 5.11 Å². The molecule has 0 fully saturated rings. The first kappa shape index (κ1) is 19.6. The molecule has 1 rings (SSSR count). The largest absolute Gasteiger partial charge is 0.372 e. The van der Waals surface area contributed by atoms with Gasteiger partial charge in [-0.15, -0.1) is 24.8 Å². The number of aliphatic hydroxyl groups excluding tert-OH is 1. The zero-order valence-electron chi connectivity index (χ0n) is 15.0. The van der Waals surface area contributed by atoms with Crippen molar-refractivity contribution >= 4 is 8.07 Å². The van der Waals surface area contributed by atoms with Crippen molar-refractivity contribution in [3.63, 3.8) is 0 Å². The van der Waals surface area contributed by atoms with E-state index in [2.05, 4.69) is 57.7 Å². The van der Waals surface area contributed by atoms with Crippen molar-refractivity contribution in [1.82, 2.24) is 15.0 Å². The highest BCUT2D eigenvalue weighted by molar-refractivity contribution is 6.82. The molecule has 0 bridgehead atoms. The van der Waals surface area contributed by atoms with Gasteiger partial charge in [-0.25, -0.2) is 4.68 Å². The van der Waals surface area contributed by atoms with E-state index in [1.807, 2.05) is 0 Å². The first-order chi connectivity index (χ1) is 10.7. The number of hydrogen-bond acceptors (Lipinski definition) is 3. The van der Waals surface area contributed by atoms with Gasteiger partial charge in [-0.05, 0) is 38.9 Å². The van der Waals surface area contributed by atoms with Crippen LogP contribution in [0.4, 0.5) is 0 Å². The third kappa shape index (κ3) is 5.29. The summed E-state index contributed by atoms with van der Waals surface area (Å²) in [4.78, 5) is 0. The molecule has 2 atom stereocenters. The summed E-state index contributed by atoms with van der Waals surface area (Å²) in [5.74, 6) is 0. The fourth-order valence-corrected chi connectivity index (χ4v) is 10.3. The molecule has 5 heteroatoms. The molecule has 1 heterocycles. The number of allylic oxidation sites excluding steroid dienone is 3. The van der Waals surface area contributed by atoms with Gasteiger partial charge in [0.05, 0.1) is 14.3 Å². The molecule has 0 aliphatic heterocycles. The summed E-state index contributed by atoms with van der Waals surface area (Å²) in [6.07, 6.45) is 3.57. The lowest BCUT2D eigenvalue weighted by molar-refractivity contribution is 0.0759. The van der Waals surface area contributed by atoms with Crippen LogP contribution in [0, 0.1) is 0 Å². The van der Waals surface area contributed by atoms with E-state index in [0.29, 0.717) is 0 Å². The van der Waals surface area contributed by atoms with E-state index in [1.165, 1.54) is 16.7 Å². The van der Waals surface area contributed by atoms with Crippen molar-refractivity contribution in [2.75, 3.05) is 0 Å². The van der Waals surface area contributed by atoms with Crippen molar-refractivity contribution in [3.05, 3.63) is 48.8 Å². The quantitative estimate of drug-likeness (QED) is 0.497. The normalized spacial score (nSPS) is 14.3. The van der Waals surface area contributed by atoms with Gasteiger partial charge in [0.25, 0.3) is 0 Å². The van der Waals surface area contributed by atoms with Crippen LogP contribution in [0.15, 0.2) is 48.8 Å². The van der Waals surface area contributed by atoms with Crippen LogP contribution in [0.3, 0.4) is 0 Å². The molecule has 2 unspecified atom stereocenters. The molecule has 128 valence electrons. The molecular formula is C18H31N3OSi. The topological polar surface area (TPSA) is 50.9 Å². The first-order valence-corrected chi connectivity index (χ1v) is 10.9. The Kier molecular flexibility index (Phi) is 7.16. The zero-order chi connectivity index (χ0) is 17.6. The van der Waals surface area contributed by atoms with Gasteiger partial charge in [-0.2, -0.15) is 0 Å². The Bertz CT molecular complexity index is 510. The summed E-state index contributed by atoms with van der Waals surface area (Å²) in [7, 11) is -1.97. The first-order valence-electron chi connectivity index (χ1n) is 8.19. The van der Waals surface area contributed by atoms with E-state index >= 15 is 0 Å². The third-order valence-electron chi connectivity index (χ3n) is 4.26. The summed E-state index contributed by atoms with van der Waals surface area (Å²) in [6, 6.07) is 2.91. The molecule has 1 aromatic rings. The summed E-state index contributed by atoms with van der Waals surface area (Å²) in [6.45, 7) is 20.8. The summed E-state index contributed by atoms with van der Waals surface area (Å²) in [5, 5.41) is 18.8. The van der Waals surface area contributed by atoms with E-state index < -0.39 is 14.3 Å². The minimum absolute atomic E-state index is 0.147. The lowest BCUT2D eigenvalue weighted by Crippen LogP contribution is -2.44. The highest BCUT2D eigenvalue weighted by Gasteiger charge is 2.44. The lowest BCUT2D eigenvalue weighted by atomic mass is 10.3. The number of hydrogen-bond donors (Lipinski definition) is 1. The maximum absolute atomic E-state index is 10.9. The highest BCUT2D eigenvalue weighted by Crippen LogP contribution is 2.46. The van der Waals surface area contributed by atoms with E-state index in [0.717, 1.165) is 24.6 Å². The number of nitrogens with zero attached hydrogens (tertiary/aromatic N) is 3. The number of aliphatic hydroxyl groups is 1. The van der Waals surface area contributed by atoms with Crippen LogP contribution in [0.5, 0.6) is 0 Å². The molecule has 0 amide bonds. The predicted octanol–water partition coefficient (Wildman–Crippen LogP) is 4.73. The molecular weight excluding hydrogens is 302 g/mol. The molecule has 0 spiro atoms. The number of aromatic nitrogens is 3. The average molecular weight is 334 g/mol. The van der Waals surface area contributed by atoms with Crippen LogP contribution in [0.2, 0.25) is 23.7 Å². The van der Waals surface area contributed by atoms with Crippen molar-refractivity contribution in [3.8, 4) is 0 Å². The Labute approximate surface area is 141 Å². The van der Waals surface area contributed by atoms with E-state index in [1.54, 1.807) is 17.1 Å². The second-order valence-electron chi connectivity index (χ2n) is 7.08. The Balaban J connectivity index is 3.32. The predicted molar refractivity (Wildman–Crippen MR) is 99.9 cm³/mol. The zero-order valence-corrected chi connectivity index (χ0v) is 16.0. The van der Waals surface area contributed by atoms with Gasteiger partial charge in [-0.1, -0.05) is 35.3 Å². The maximum Gasteiger partial charge on any atom is 0.149 e. The van der Waals surface area contributed by atoms with Crippen LogP contribution in [-0.2, 0) is 0 Å². The standard InChI is InChI=1S/C18H31N3OSi/c1-8-17(18(22)21-10-9-19-20-21)23(11-14(2)3,12-15(4)5)13-16(6)7/h9-10,17-18,22H,2,4,6,8,11-13H2,1,3,5,7H3. The van der Waals surface area contributed by atoms with Gasteiger partial charge >= 0.3 is 0 Å². The summed E-state index contributed by atoms with van der Waals surface area (Å²) in [5.41, 5.74) is 3.66. The van der Waals surface area contributed by atoms with Crippen LogP contribution in [0.1, 0.15) is 40.3 Å². The molecule has 23 heavy (non-hydrogen) atoms. The molecule has 1 aromatic heterocycles. The lowest BCUT2D eigenvalue weighted by Gasteiger charge is -2.42.